The van der Waals surface area contributed by atoms with Crippen LogP contribution in [0.5, 0.6) is 0 Å². The monoisotopic (exact) mass is 333 g/mol. The standard InChI is InChI=1S/C22H20ClN/c1-2-21(17-9-5-3-6-10-17)22(18-11-7-4-8-12-18)24-20-15-13-19(23)14-16-20/h2-16,21-22,24H,1H2/t21-,22+/m0/s1. The third kappa shape index (κ3) is 3.87. The van der Waals surface area contributed by atoms with Gasteiger partial charge in [0.25, 0.3) is 0 Å². The Morgan fingerprint density at radius 3 is 1.83 bits per heavy atom. The third-order valence-electron chi connectivity index (χ3n) is 4.12. The molecule has 24 heavy (non-hydrogen) atoms. The van der Waals surface area contributed by atoms with Gasteiger partial charge in [0.2, 0.25) is 0 Å². The SMILES string of the molecule is C=C[C@@H](c1ccccc1)[C@H](Nc1ccc(Cl)cc1)c1ccccc1. The lowest BCUT2D eigenvalue weighted by molar-refractivity contribution is 0.692. The number of rotatable bonds is 6. The topological polar surface area (TPSA) is 12.0 Å². The lowest BCUT2D eigenvalue weighted by Gasteiger charge is -2.28. The molecule has 0 bridgehead atoms. The maximum absolute atomic E-state index is 6.01. The zero-order valence-electron chi connectivity index (χ0n) is 13.4. The molecule has 120 valence electrons. The van der Waals surface area contributed by atoms with Gasteiger partial charge in [0.15, 0.2) is 0 Å². The van der Waals surface area contributed by atoms with Crippen molar-refractivity contribution < 1.29 is 0 Å². The summed E-state index contributed by atoms with van der Waals surface area (Å²) >= 11 is 6.01. The number of nitrogens with one attached hydrogen (secondary N) is 1. The maximum Gasteiger partial charge on any atom is 0.0616 e. The van der Waals surface area contributed by atoms with Crippen LogP contribution in [0.4, 0.5) is 5.69 Å². The van der Waals surface area contributed by atoms with Crippen molar-refractivity contribution in [2.24, 2.45) is 0 Å². The second-order valence-corrected chi connectivity index (χ2v) is 6.15. The van der Waals surface area contributed by atoms with Gasteiger partial charge in [0.05, 0.1) is 6.04 Å². The van der Waals surface area contributed by atoms with E-state index in [1.807, 2.05) is 42.5 Å². The highest BCUT2D eigenvalue weighted by atomic mass is 35.5. The van der Waals surface area contributed by atoms with E-state index in [-0.39, 0.29) is 12.0 Å². The zero-order chi connectivity index (χ0) is 16.8. The van der Waals surface area contributed by atoms with E-state index in [1.54, 1.807) is 0 Å². The van der Waals surface area contributed by atoms with Gasteiger partial charge in [-0.05, 0) is 35.4 Å². The third-order valence-corrected chi connectivity index (χ3v) is 4.37. The first-order valence-corrected chi connectivity index (χ1v) is 8.40. The second kappa shape index (κ2) is 7.85. The Bertz CT molecular complexity index is 766. The average molecular weight is 334 g/mol. The molecule has 0 amide bonds. The van der Waals surface area contributed by atoms with Crippen LogP contribution in [-0.2, 0) is 0 Å². The van der Waals surface area contributed by atoms with Gasteiger partial charge in [-0.3, -0.25) is 0 Å². The van der Waals surface area contributed by atoms with Gasteiger partial charge >= 0.3 is 0 Å². The Morgan fingerprint density at radius 2 is 1.29 bits per heavy atom. The molecule has 0 fully saturated rings. The summed E-state index contributed by atoms with van der Waals surface area (Å²) in [5, 5.41) is 4.38. The molecule has 0 saturated carbocycles. The molecule has 0 radical (unpaired) electrons. The van der Waals surface area contributed by atoms with Gasteiger partial charge in [-0.25, -0.2) is 0 Å². The number of benzene rings is 3. The maximum atomic E-state index is 6.01. The van der Waals surface area contributed by atoms with Gasteiger partial charge in [-0.2, -0.15) is 0 Å². The molecular weight excluding hydrogens is 314 g/mol. The molecule has 3 aromatic carbocycles. The highest BCUT2D eigenvalue weighted by Crippen LogP contribution is 2.35. The summed E-state index contributed by atoms with van der Waals surface area (Å²) in [6.07, 6.45) is 2.01. The normalized spacial score (nSPS) is 13.0. The second-order valence-electron chi connectivity index (χ2n) is 5.71. The number of hydrogen-bond donors (Lipinski definition) is 1. The lowest BCUT2D eigenvalue weighted by atomic mass is 9.87. The van der Waals surface area contributed by atoms with E-state index in [9.17, 15) is 0 Å². The minimum absolute atomic E-state index is 0.0901. The highest BCUT2D eigenvalue weighted by Gasteiger charge is 2.22. The number of halogens is 1. The molecule has 0 aliphatic heterocycles. The van der Waals surface area contributed by atoms with Crippen molar-refractivity contribution in [2.45, 2.75) is 12.0 Å². The van der Waals surface area contributed by atoms with E-state index in [1.165, 1.54) is 11.1 Å². The number of anilines is 1. The Labute approximate surface area is 148 Å². The van der Waals surface area contributed by atoms with Crippen molar-refractivity contribution in [3.63, 3.8) is 0 Å². The van der Waals surface area contributed by atoms with Crippen molar-refractivity contribution in [1.29, 1.82) is 0 Å². The van der Waals surface area contributed by atoms with Crippen LogP contribution >= 0.6 is 11.6 Å². The van der Waals surface area contributed by atoms with Crippen molar-refractivity contribution in [3.8, 4) is 0 Å². The smallest absolute Gasteiger partial charge is 0.0616 e. The Kier molecular flexibility index (Phi) is 5.35. The van der Waals surface area contributed by atoms with Crippen LogP contribution in [0.2, 0.25) is 5.02 Å². The van der Waals surface area contributed by atoms with E-state index in [4.69, 9.17) is 11.6 Å². The fourth-order valence-electron chi connectivity index (χ4n) is 2.91. The van der Waals surface area contributed by atoms with Crippen LogP contribution < -0.4 is 5.32 Å². The predicted octanol–water partition coefficient (Wildman–Crippen LogP) is 6.46. The van der Waals surface area contributed by atoms with Crippen LogP contribution in [0, 0.1) is 0 Å². The summed E-state index contributed by atoms with van der Waals surface area (Å²) in [6.45, 7) is 4.08. The Balaban J connectivity index is 1.98. The molecular formula is C22H20ClN. The van der Waals surface area contributed by atoms with Crippen LogP contribution in [0.1, 0.15) is 23.1 Å². The van der Waals surface area contributed by atoms with Crippen molar-refractivity contribution in [2.75, 3.05) is 5.32 Å². The fraction of sp³-hybridized carbons (Fsp3) is 0.0909. The van der Waals surface area contributed by atoms with Gasteiger partial charge in [0, 0.05) is 16.6 Å². The van der Waals surface area contributed by atoms with Crippen LogP contribution in [0.25, 0.3) is 0 Å². The minimum Gasteiger partial charge on any atom is -0.377 e. The Morgan fingerprint density at radius 1 is 0.750 bits per heavy atom. The lowest BCUT2D eigenvalue weighted by Crippen LogP contribution is -2.18. The first-order chi connectivity index (χ1) is 11.8. The van der Waals surface area contributed by atoms with Crippen molar-refractivity contribution in [3.05, 3.63) is 114 Å². The summed E-state index contributed by atoms with van der Waals surface area (Å²) in [5.74, 6) is 0.157. The first-order valence-electron chi connectivity index (χ1n) is 8.02. The van der Waals surface area contributed by atoms with Gasteiger partial charge < -0.3 is 5.32 Å². The molecule has 2 heteroatoms. The molecule has 1 nitrogen and oxygen atoms in total. The van der Waals surface area contributed by atoms with Crippen molar-refractivity contribution in [1.82, 2.24) is 0 Å². The minimum atomic E-state index is 0.0901. The number of hydrogen-bond acceptors (Lipinski definition) is 1. The molecule has 0 heterocycles. The van der Waals surface area contributed by atoms with E-state index in [2.05, 4.69) is 60.4 Å². The molecule has 2 atom stereocenters. The molecule has 0 aliphatic carbocycles. The molecule has 3 aromatic rings. The molecule has 0 aliphatic rings. The first kappa shape index (κ1) is 16.4. The van der Waals surface area contributed by atoms with Gasteiger partial charge in [-0.1, -0.05) is 78.3 Å². The highest BCUT2D eigenvalue weighted by molar-refractivity contribution is 6.30. The summed E-state index contributed by atoms with van der Waals surface area (Å²) in [6, 6.07) is 28.8. The Hall–Kier alpha value is -2.51. The zero-order valence-corrected chi connectivity index (χ0v) is 14.2. The summed E-state index contributed by atoms with van der Waals surface area (Å²) in [7, 11) is 0. The van der Waals surface area contributed by atoms with Gasteiger partial charge in [-0.15, -0.1) is 6.58 Å². The van der Waals surface area contributed by atoms with Crippen LogP contribution in [0.15, 0.2) is 97.6 Å². The molecule has 0 unspecified atom stereocenters. The van der Waals surface area contributed by atoms with Crippen LogP contribution in [0.3, 0.4) is 0 Å². The van der Waals surface area contributed by atoms with Crippen molar-refractivity contribution >= 4 is 17.3 Å². The molecule has 3 rings (SSSR count). The molecule has 0 aromatic heterocycles. The van der Waals surface area contributed by atoms with E-state index in [0.717, 1.165) is 10.7 Å². The fourth-order valence-corrected chi connectivity index (χ4v) is 3.03. The van der Waals surface area contributed by atoms with E-state index < -0.39 is 0 Å². The average Bonchev–Trinajstić information content (AvgIpc) is 2.65. The van der Waals surface area contributed by atoms with E-state index in [0.29, 0.717) is 0 Å². The summed E-state index contributed by atoms with van der Waals surface area (Å²) < 4.78 is 0. The molecule has 0 saturated heterocycles. The largest absolute Gasteiger partial charge is 0.377 e. The van der Waals surface area contributed by atoms with Gasteiger partial charge in [0.1, 0.15) is 0 Å². The molecule has 0 spiro atoms. The van der Waals surface area contributed by atoms with E-state index >= 15 is 0 Å². The predicted molar refractivity (Wildman–Crippen MR) is 104 cm³/mol. The summed E-state index contributed by atoms with van der Waals surface area (Å²) in [4.78, 5) is 0. The quantitative estimate of drug-likeness (QED) is 0.510. The summed E-state index contributed by atoms with van der Waals surface area (Å²) in [5.41, 5.74) is 3.50. The molecule has 1 N–H and O–H groups in total. The van der Waals surface area contributed by atoms with Crippen LogP contribution in [-0.4, -0.2) is 0 Å².